The first-order chi connectivity index (χ1) is 9.72. The maximum Gasteiger partial charge on any atom is 0.231 e. The summed E-state index contributed by atoms with van der Waals surface area (Å²) in [5.74, 6) is 2.35. The molecule has 0 fully saturated rings. The van der Waals surface area contributed by atoms with Gasteiger partial charge < -0.3 is 9.47 Å². The van der Waals surface area contributed by atoms with Gasteiger partial charge in [0.1, 0.15) is 0 Å². The summed E-state index contributed by atoms with van der Waals surface area (Å²) in [4.78, 5) is 4.48. The smallest absolute Gasteiger partial charge is 0.231 e. The van der Waals surface area contributed by atoms with E-state index < -0.39 is 0 Å². The molecule has 5 heteroatoms. The van der Waals surface area contributed by atoms with Crippen LogP contribution >= 0.6 is 0 Å². The van der Waals surface area contributed by atoms with E-state index in [9.17, 15) is 0 Å². The van der Waals surface area contributed by atoms with E-state index in [1.165, 1.54) is 0 Å². The van der Waals surface area contributed by atoms with Crippen molar-refractivity contribution < 1.29 is 9.47 Å². The van der Waals surface area contributed by atoms with Crippen molar-refractivity contribution in [3.05, 3.63) is 41.9 Å². The minimum absolute atomic E-state index is 0.272. The van der Waals surface area contributed by atoms with Gasteiger partial charge in [-0.15, -0.1) is 0 Å². The Bertz CT molecular complexity index is 823. The lowest BCUT2D eigenvalue weighted by Gasteiger charge is -2.08. The van der Waals surface area contributed by atoms with Crippen molar-refractivity contribution in [2.45, 2.75) is 13.8 Å². The topological polar surface area (TPSA) is 49.2 Å². The highest BCUT2D eigenvalue weighted by atomic mass is 16.7. The van der Waals surface area contributed by atoms with Crippen molar-refractivity contribution in [2.24, 2.45) is 0 Å². The fraction of sp³-hybridized carbons (Fsp3) is 0.200. The molecule has 0 amide bonds. The van der Waals surface area contributed by atoms with Crippen molar-refractivity contribution >= 4 is 10.8 Å². The predicted molar refractivity (Wildman–Crippen MR) is 74.5 cm³/mol. The molecule has 20 heavy (non-hydrogen) atoms. The third-order valence-corrected chi connectivity index (χ3v) is 3.45. The monoisotopic (exact) mass is 267 g/mol. The molecule has 0 saturated carbocycles. The Morgan fingerprint density at radius 2 is 1.90 bits per heavy atom. The summed E-state index contributed by atoms with van der Waals surface area (Å²) in [5.41, 5.74) is 2.03. The minimum atomic E-state index is 0.272. The molecule has 0 spiro atoms. The zero-order valence-corrected chi connectivity index (χ0v) is 11.3. The largest absolute Gasteiger partial charge is 0.454 e. The summed E-state index contributed by atoms with van der Waals surface area (Å²) in [6, 6.07) is 7.95. The number of pyridine rings is 1. The summed E-state index contributed by atoms with van der Waals surface area (Å²) >= 11 is 0. The number of aromatic nitrogens is 3. The van der Waals surface area contributed by atoms with Crippen LogP contribution in [0.5, 0.6) is 11.5 Å². The normalized spacial score (nSPS) is 13.1. The Hall–Kier alpha value is -2.56. The van der Waals surface area contributed by atoms with E-state index in [-0.39, 0.29) is 6.79 Å². The molecule has 0 N–H and O–H groups in total. The molecule has 0 saturated heterocycles. The lowest BCUT2D eigenvalue weighted by molar-refractivity contribution is 0.174. The molecule has 0 radical (unpaired) electrons. The van der Waals surface area contributed by atoms with Crippen molar-refractivity contribution in [2.75, 3.05) is 6.79 Å². The first-order valence-electron chi connectivity index (χ1n) is 6.44. The fourth-order valence-corrected chi connectivity index (χ4v) is 2.56. The van der Waals surface area contributed by atoms with Crippen LogP contribution < -0.4 is 9.47 Å². The third-order valence-electron chi connectivity index (χ3n) is 3.45. The number of fused-ring (bicyclic) bond motifs is 2. The van der Waals surface area contributed by atoms with Gasteiger partial charge in [0.2, 0.25) is 6.79 Å². The highest BCUT2D eigenvalue weighted by Crippen LogP contribution is 2.37. The van der Waals surface area contributed by atoms with Gasteiger partial charge >= 0.3 is 0 Å². The number of nitrogens with zero attached hydrogens (tertiary/aromatic N) is 3. The van der Waals surface area contributed by atoms with Gasteiger partial charge in [0.05, 0.1) is 5.69 Å². The molecule has 100 valence electrons. The molecular formula is C15H13N3O2. The Morgan fingerprint density at radius 3 is 2.65 bits per heavy atom. The van der Waals surface area contributed by atoms with Crippen molar-refractivity contribution in [3.8, 4) is 17.3 Å². The van der Waals surface area contributed by atoms with Crippen LogP contribution in [0, 0.1) is 13.8 Å². The number of rotatable bonds is 1. The average Bonchev–Trinajstić information content (AvgIpc) is 3.01. The highest BCUT2D eigenvalue weighted by Gasteiger charge is 2.17. The predicted octanol–water partition coefficient (Wildman–Crippen LogP) is 2.77. The van der Waals surface area contributed by atoms with Crippen LogP contribution in [0.3, 0.4) is 0 Å². The molecule has 0 bridgehead atoms. The number of benzene rings is 1. The molecule has 3 aromatic rings. The molecule has 0 unspecified atom stereocenters. The van der Waals surface area contributed by atoms with Crippen molar-refractivity contribution in [1.29, 1.82) is 0 Å². The van der Waals surface area contributed by atoms with Crippen molar-refractivity contribution in [1.82, 2.24) is 14.8 Å². The van der Waals surface area contributed by atoms with Crippen LogP contribution in [0.25, 0.3) is 16.6 Å². The molecule has 0 atom stereocenters. The summed E-state index contributed by atoms with van der Waals surface area (Å²) in [5, 5.41) is 6.57. The average molecular weight is 267 g/mol. The molecular weight excluding hydrogens is 254 g/mol. The van der Waals surface area contributed by atoms with Crippen LogP contribution in [0.4, 0.5) is 0 Å². The summed E-state index contributed by atoms with van der Waals surface area (Å²) in [6.07, 6.45) is 1.79. The maximum absolute atomic E-state index is 5.45. The van der Waals surface area contributed by atoms with Crippen LogP contribution in [0.15, 0.2) is 30.5 Å². The van der Waals surface area contributed by atoms with Gasteiger partial charge in [0.15, 0.2) is 17.3 Å². The molecule has 5 nitrogen and oxygen atoms in total. The zero-order chi connectivity index (χ0) is 13.7. The first kappa shape index (κ1) is 11.3. The SMILES string of the molecule is Cc1cc(C)n(-c2nccc3cc4c(cc23)OCO4)n1. The van der Waals surface area contributed by atoms with Gasteiger partial charge in [0.25, 0.3) is 0 Å². The standard InChI is InChI=1S/C15H13N3O2/c1-9-5-10(2)18(17-9)15-12-7-14-13(19-8-20-14)6-11(12)3-4-16-15/h3-7H,8H2,1-2H3. The van der Waals surface area contributed by atoms with E-state index >= 15 is 0 Å². The molecule has 4 rings (SSSR count). The number of hydrogen-bond donors (Lipinski definition) is 0. The van der Waals surface area contributed by atoms with Gasteiger partial charge in [-0.1, -0.05) is 0 Å². The second-order valence-corrected chi connectivity index (χ2v) is 4.90. The Labute approximate surface area is 115 Å². The Kier molecular flexibility index (Phi) is 2.24. The second-order valence-electron chi connectivity index (χ2n) is 4.90. The Balaban J connectivity index is 2.02. The van der Waals surface area contributed by atoms with Gasteiger partial charge in [-0.25, -0.2) is 9.67 Å². The molecule has 3 heterocycles. The van der Waals surface area contributed by atoms with E-state index in [1.54, 1.807) is 6.20 Å². The first-order valence-corrected chi connectivity index (χ1v) is 6.44. The number of hydrogen-bond acceptors (Lipinski definition) is 4. The van der Waals surface area contributed by atoms with E-state index in [0.29, 0.717) is 0 Å². The minimum Gasteiger partial charge on any atom is -0.454 e. The molecule has 1 aromatic carbocycles. The summed E-state index contributed by atoms with van der Waals surface area (Å²) in [7, 11) is 0. The van der Waals surface area contributed by atoms with Crippen LogP contribution in [-0.2, 0) is 0 Å². The lowest BCUT2D eigenvalue weighted by Crippen LogP contribution is -2.02. The van der Waals surface area contributed by atoms with Gasteiger partial charge in [-0.3, -0.25) is 0 Å². The molecule has 2 aromatic heterocycles. The lowest BCUT2D eigenvalue weighted by atomic mass is 10.1. The van der Waals surface area contributed by atoms with Crippen LogP contribution in [0.2, 0.25) is 0 Å². The highest BCUT2D eigenvalue weighted by molar-refractivity contribution is 5.91. The maximum atomic E-state index is 5.45. The number of ether oxygens (including phenoxy) is 2. The van der Waals surface area contributed by atoms with Gasteiger partial charge in [0, 0.05) is 17.3 Å². The van der Waals surface area contributed by atoms with E-state index in [0.717, 1.165) is 39.5 Å². The second kappa shape index (κ2) is 3.96. The third kappa shape index (κ3) is 1.56. The molecule has 0 aliphatic carbocycles. The van der Waals surface area contributed by atoms with Gasteiger partial charge in [-0.05, 0) is 43.5 Å². The molecule has 1 aliphatic rings. The fourth-order valence-electron chi connectivity index (χ4n) is 2.56. The van der Waals surface area contributed by atoms with Crippen LogP contribution in [0.1, 0.15) is 11.4 Å². The van der Waals surface area contributed by atoms with E-state index in [4.69, 9.17) is 9.47 Å². The van der Waals surface area contributed by atoms with Crippen molar-refractivity contribution in [3.63, 3.8) is 0 Å². The van der Waals surface area contributed by atoms with Crippen LogP contribution in [-0.4, -0.2) is 21.6 Å². The molecule has 1 aliphatic heterocycles. The Morgan fingerprint density at radius 1 is 1.10 bits per heavy atom. The van der Waals surface area contributed by atoms with Gasteiger partial charge in [-0.2, -0.15) is 5.10 Å². The summed E-state index contributed by atoms with van der Waals surface area (Å²) in [6.45, 7) is 4.27. The zero-order valence-electron chi connectivity index (χ0n) is 11.3. The number of aryl methyl sites for hydroxylation is 2. The summed E-state index contributed by atoms with van der Waals surface area (Å²) < 4.78 is 12.7. The quantitative estimate of drug-likeness (QED) is 0.680. The van der Waals surface area contributed by atoms with E-state index in [2.05, 4.69) is 10.1 Å². The van der Waals surface area contributed by atoms with E-state index in [1.807, 2.05) is 42.8 Å².